The number of aromatic nitrogens is 1. The summed E-state index contributed by atoms with van der Waals surface area (Å²) in [7, 11) is 3.37. The third kappa shape index (κ3) is 3.50. The number of piperidine rings is 1. The number of pyridine rings is 1. The predicted octanol–water partition coefficient (Wildman–Crippen LogP) is 0.541. The molecule has 7 heteroatoms. The normalized spacial score (nSPS) is 22.8. The van der Waals surface area contributed by atoms with Crippen LogP contribution in [0.1, 0.15) is 29.0 Å². The maximum Gasteiger partial charge on any atom is 0.272 e. The minimum absolute atomic E-state index is 0.0149. The standard InChI is InChI=1S/C18H24N4O3/c1-12-5-4-6-15(19-12)18(25)21-9-13-7-8-14(10-21)22(17(13)24)11-16(23)20(2)3/h4-6,13-14H,7-11H2,1-3H3/t13-,14+/m0/s1. The molecule has 4 heterocycles. The lowest BCUT2D eigenvalue weighted by molar-refractivity contribution is -0.145. The number of hydrogen-bond acceptors (Lipinski definition) is 4. The van der Waals surface area contributed by atoms with Crippen molar-refractivity contribution < 1.29 is 14.4 Å². The van der Waals surface area contributed by atoms with E-state index in [1.807, 2.05) is 19.1 Å². The van der Waals surface area contributed by atoms with Gasteiger partial charge in [0.25, 0.3) is 5.91 Å². The van der Waals surface area contributed by atoms with Crippen molar-refractivity contribution in [2.75, 3.05) is 33.7 Å². The molecule has 0 unspecified atom stereocenters. The fraction of sp³-hybridized carbons (Fsp3) is 0.556. The number of rotatable bonds is 3. The molecule has 25 heavy (non-hydrogen) atoms. The second kappa shape index (κ2) is 6.82. The van der Waals surface area contributed by atoms with Gasteiger partial charge in [-0.25, -0.2) is 4.98 Å². The van der Waals surface area contributed by atoms with Gasteiger partial charge in [-0.1, -0.05) is 6.07 Å². The van der Waals surface area contributed by atoms with Crippen LogP contribution < -0.4 is 0 Å². The monoisotopic (exact) mass is 344 g/mol. The molecule has 3 fully saturated rings. The molecule has 0 N–H and O–H groups in total. The van der Waals surface area contributed by atoms with Crippen molar-refractivity contribution in [2.45, 2.75) is 25.8 Å². The summed E-state index contributed by atoms with van der Waals surface area (Å²) in [5, 5.41) is 0. The van der Waals surface area contributed by atoms with Crippen LogP contribution in [-0.4, -0.2) is 77.2 Å². The highest BCUT2D eigenvalue weighted by Gasteiger charge is 2.42. The maximum atomic E-state index is 12.8. The highest BCUT2D eigenvalue weighted by molar-refractivity contribution is 5.93. The van der Waals surface area contributed by atoms with Crippen molar-refractivity contribution in [3.05, 3.63) is 29.6 Å². The van der Waals surface area contributed by atoms with Crippen LogP contribution >= 0.6 is 0 Å². The third-order valence-electron chi connectivity index (χ3n) is 4.99. The Labute approximate surface area is 147 Å². The minimum atomic E-state index is -0.234. The number of nitrogens with zero attached hydrogens (tertiary/aromatic N) is 4. The van der Waals surface area contributed by atoms with Crippen molar-refractivity contribution in [3.63, 3.8) is 0 Å². The molecule has 0 saturated carbocycles. The van der Waals surface area contributed by atoms with Crippen LogP contribution in [0.25, 0.3) is 0 Å². The van der Waals surface area contributed by atoms with Crippen molar-refractivity contribution in [3.8, 4) is 0 Å². The van der Waals surface area contributed by atoms with Gasteiger partial charge in [0.2, 0.25) is 11.8 Å². The average molecular weight is 344 g/mol. The Morgan fingerprint density at radius 3 is 2.68 bits per heavy atom. The summed E-state index contributed by atoms with van der Waals surface area (Å²) in [4.78, 5) is 46.8. The van der Waals surface area contributed by atoms with Gasteiger partial charge in [0.1, 0.15) is 12.2 Å². The molecule has 7 nitrogen and oxygen atoms in total. The fourth-order valence-corrected chi connectivity index (χ4v) is 3.53. The summed E-state index contributed by atoms with van der Waals surface area (Å²) in [6.07, 6.45) is 1.59. The van der Waals surface area contributed by atoms with Crippen LogP contribution in [0.4, 0.5) is 0 Å². The Morgan fingerprint density at radius 2 is 2.00 bits per heavy atom. The zero-order chi connectivity index (χ0) is 18.1. The first-order valence-corrected chi connectivity index (χ1v) is 8.60. The van der Waals surface area contributed by atoms with Crippen LogP contribution in [0.5, 0.6) is 0 Å². The smallest absolute Gasteiger partial charge is 0.272 e. The minimum Gasteiger partial charge on any atom is -0.347 e. The van der Waals surface area contributed by atoms with Crippen molar-refractivity contribution in [1.29, 1.82) is 0 Å². The van der Waals surface area contributed by atoms with Crippen LogP contribution in [0.3, 0.4) is 0 Å². The first-order chi connectivity index (χ1) is 11.9. The van der Waals surface area contributed by atoms with Crippen molar-refractivity contribution in [2.24, 2.45) is 5.92 Å². The van der Waals surface area contributed by atoms with Gasteiger partial charge in [-0.2, -0.15) is 0 Å². The third-order valence-corrected chi connectivity index (χ3v) is 4.99. The molecule has 4 rings (SSSR count). The number of amides is 3. The zero-order valence-electron chi connectivity index (χ0n) is 14.9. The molecule has 3 aliphatic heterocycles. The summed E-state index contributed by atoms with van der Waals surface area (Å²) >= 11 is 0. The van der Waals surface area contributed by atoms with Gasteiger partial charge in [-0.05, 0) is 31.9 Å². The largest absolute Gasteiger partial charge is 0.347 e. The number of likely N-dealkylation sites (N-methyl/N-ethyl adjacent to an activating group) is 1. The van der Waals surface area contributed by atoms with Gasteiger partial charge in [-0.3, -0.25) is 14.4 Å². The maximum absolute atomic E-state index is 12.8. The molecule has 2 atom stereocenters. The van der Waals surface area contributed by atoms with Crippen LogP contribution in [0.15, 0.2) is 18.2 Å². The highest BCUT2D eigenvalue weighted by Crippen LogP contribution is 2.29. The molecular formula is C18H24N4O3. The lowest BCUT2D eigenvalue weighted by atomic mass is 9.94. The van der Waals surface area contributed by atoms with E-state index in [0.29, 0.717) is 18.8 Å². The van der Waals surface area contributed by atoms with Crippen LogP contribution in [-0.2, 0) is 9.59 Å². The van der Waals surface area contributed by atoms with E-state index in [9.17, 15) is 14.4 Å². The van der Waals surface area contributed by atoms with E-state index >= 15 is 0 Å². The summed E-state index contributed by atoms with van der Waals surface area (Å²) in [6.45, 7) is 2.78. The Kier molecular flexibility index (Phi) is 4.74. The predicted molar refractivity (Wildman–Crippen MR) is 91.8 cm³/mol. The molecule has 1 aromatic rings. The number of carbonyl (C=O) groups excluding carboxylic acids is 3. The summed E-state index contributed by atoms with van der Waals surface area (Å²) < 4.78 is 0. The van der Waals surface area contributed by atoms with Gasteiger partial charge in [0.15, 0.2) is 0 Å². The van der Waals surface area contributed by atoms with Gasteiger partial charge in [0, 0.05) is 38.9 Å². The Hall–Kier alpha value is -2.44. The molecule has 2 bridgehead atoms. The molecule has 0 aliphatic carbocycles. The van der Waals surface area contributed by atoms with E-state index in [-0.39, 0.29) is 36.2 Å². The molecule has 0 spiro atoms. The molecule has 3 saturated heterocycles. The molecule has 3 aliphatic rings. The molecule has 1 aromatic heterocycles. The number of fused-ring (bicyclic) bond motifs is 4. The quantitative estimate of drug-likeness (QED) is 0.802. The van der Waals surface area contributed by atoms with Gasteiger partial charge in [0.05, 0.1) is 5.92 Å². The Bertz CT molecular complexity index is 703. The summed E-state index contributed by atoms with van der Waals surface area (Å²) in [6, 6.07) is 5.26. The first-order valence-electron chi connectivity index (χ1n) is 8.60. The fourth-order valence-electron chi connectivity index (χ4n) is 3.53. The summed E-state index contributed by atoms with van der Waals surface area (Å²) in [5.41, 5.74) is 1.20. The van der Waals surface area contributed by atoms with E-state index in [4.69, 9.17) is 0 Å². The molecule has 134 valence electrons. The molecule has 0 aromatic carbocycles. The van der Waals surface area contributed by atoms with E-state index < -0.39 is 0 Å². The highest BCUT2D eigenvalue weighted by atomic mass is 16.2. The number of aryl methyl sites for hydroxylation is 1. The van der Waals surface area contributed by atoms with Crippen molar-refractivity contribution in [1.82, 2.24) is 19.7 Å². The van der Waals surface area contributed by atoms with Gasteiger partial charge >= 0.3 is 0 Å². The first kappa shape index (κ1) is 17.4. The SMILES string of the molecule is Cc1cccc(C(=O)N2C[C@@H]3CC[C@H](C2)N(CC(=O)N(C)C)C3=O)n1. The van der Waals surface area contributed by atoms with Crippen LogP contribution in [0.2, 0.25) is 0 Å². The van der Waals surface area contributed by atoms with Gasteiger partial charge < -0.3 is 14.7 Å². The van der Waals surface area contributed by atoms with E-state index in [0.717, 1.165) is 18.5 Å². The topological polar surface area (TPSA) is 73.8 Å². The lowest BCUT2D eigenvalue weighted by Crippen LogP contribution is -2.51. The molecular weight excluding hydrogens is 320 g/mol. The van der Waals surface area contributed by atoms with E-state index in [2.05, 4.69) is 4.98 Å². The lowest BCUT2D eigenvalue weighted by Gasteiger charge is -2.35. The number of carbonyl (C=O) groups is 3. The second-order valence-electron chi connectivity index (χ2n) is 7.06. The summed E-state index contributed by atoms with van der Waals surface area (Å²) in [5.74, 6) is -0.491. The average Bonchev–Trinajstić information content (AvgIpc) is 2.86. The number of hydrogen-bond donors (Lipinski definition) is 0. The van der Waals surface area contributed by atoms with Crippen molar-refractivity contribution >= 4 is 17.7 Å². The molecule has 3 amide bonds. The Morgan fingerprint density at radius 1 is 1.24 bits per heavy atom. The zero-order valence-corrected chi connectivity index (χ0v) is 14.9. The second-order valence-corrected chi connectivity index (χ2v) is 7.06. The van der Waals surface area contributed by atoms with E-state index in [1.54, 1.807) is 30.0 Å². The van der Waals surface area contributed by atoms with E-state index in [1.165, 1.54) is 4.90 Å². The molecule has 0 radical (unpaired) electrons. The van der Waals surface area contributed by atoms with Gasteiger partial charge in [-0.15, -0.1) is 0 Å². The van der Waals surface area contributed by atoms with Crippen LogP contribution in [0, 0.1) is 12.8 Å². The Balaban J connectivity index is 1.80.